The minimum absolute atomic E-state index is 0.0545. The van der Waals surface area contributed by atoms with Crippen LogP contribution in [-0.2, 0) is 9.59 Å². The van der Waals surface area contributed by atoms with Gasteiger partial charge in [0.1, 0.15) is 0 Å². The van der Waals surface area contributed by atoms with E-state index in [0.29, 0.717) is 34.3 Å². The minimum Gasteiger partial charge on any atom is -0.333 e. The Hall–Kier alpha value is -2.37. The van der Waals surface area contributed by atoms with E-state index in [4.69, 9.17) is 23.2 Å². The van der Waals surface area contributed by atoms with Crippen molar-refractivity contribution >= 4 is 46.5 Å². The first-order valence-corrected chi connectivity index (χ1v) is 9.77. The second-order valence-corrected chi connectivity index (χ2v) is 7.12. The van der Waals surface area contributed by atoms with Crippen LogP contribution in [0.2, 0.25) is 10.0 Å². The summed E-state index contributed by atoms with van der Waals surface area (Å²) in [6.45, 7) is 2.23. The fraction of sp³-hybridized carbons (Fsp3) is 0.286. The van der Waals surface area contributed by atoms with Crippen molar-refractivity contribution in [1.82, 2.24) is 4.90 Å². The molecule has 0 atom stereocenters. The van der Waals surface area contributed by atoms with Crippen LogP contribution in [0.3, 0.4) is 0 Å². The number of hydrogen-bond donors (Lipinski definition) is 1. The normalized spacial score (nSPS) is 10.4. The van der Waals surface area contributed by atoms with Crippen molar-refractivity contribution in [3.05, 3.63) is 64.1 Å². The molecule has 2 rings (SSSR count). The SMILES string of the molecule is CCCN(CC(=O)Nc1cc(Cl)ccc1Cl)C(=O)CCC(=O)c1ccccc1. The van der Waals surface area contributed by atoms with E-state index in [0.717, 1.165) is 0 Å². The van der Waals surface area contributed by atoms with Gasteiger partial charge in [0.25, 0.3) is 0 Å². The lowest BCUT2D eigenvalue weighted by Crippen LogP contribution is -2.38. The van der Waals surface area contributed by atoms with Gasteiger partial charge in [-0.1, -0.05) is 60.5 Å². The number of rotatable bonds is 9. The number of nitrogens with one attached hydrogen (secondary N) is 1. The van der Waals surface area contributed by atoms with Gasteiger partial charge in [-0.05, 0) is 24.6 Å². The summed E-state index contributed by atoms with van der Waals surface area (Å²) in [6.07, 6.45) is 0.854. The Morgan fingerprint density at radius 3 is 2.39 bits per heavy atom. The maximum absolute atomic E-state index is 12.5. The average Bonchev–Trinajstić information content (AvgIpc) is 2.69. The Morgan fingerprint density at radius 1 is 1.00 bits per heavy atom. The summed E-state index contributed by atoms with van der Waals surface area (Å²) in [4.78, 5) is 38.5. The third-order valence-electron chi connectivity index (χ3n) is 4.04. The second kappa shape index (κ2) is 10.8. The summed E-state index contributed by atoms with van der Waals surface area (Å²) in [5, 5.41) is 3.48. The van der Waals surface area contributed by atoms with Gasteiger partial charge in [0.2, 0.25) is 11.8 Å². The third kappa shape index (κ3) is 6.66. The van der Waals surface area contributed by atoms with E-state index in [2.05, 4.69) is 5.32 Å². The molecule has 0 unspecified atom stereocenters. The molecule has 0 aliphatic rings. The lowest BCUT2D eigenvalue weighted by molar-refractivity contribution is -0.134. The van der Waals surface area contributed by atoms with Crippen molar-refractivity contribution < 1.29 is 14.4 Å². The maximum atomic E-state index is 12.5. The van der Waals surface area contributed by atoms with Gasteiger partial charge in [0.15, 0.2) is 5.78 Å². The van der Waals surface area contributed by atoms with Gasteiger partial charge in [0, 0.05) is 30.0 Å². The highest BCUT2D eigenvalue weighted by molar-refractivity contribution is 6.35. The van der Waals surface area contributed by atoms with Crippen LogP contribution in [-0.4, -0.2) is 35.6 Å². The van der Waals surface area contributed by atoms with Crippen molar-refractivity contribution in [2.24, 2.45) is 0 Å². The Labute approximate surface area is 174 Å². The molecule has 7 heteroatoms. The highest BCUT2D eigenvalue weighted by atomic mass is 35.5. The van der Waals surface area contributed by atoms with Crippen LogP contribution in [0.5, 0.6) is 0 Å². The topological polar surface area (TPSA) is 66.5 Å². The first kappa shape index (κ1) is 21.9. The van der Waals surface area contributed by atoms with Crippen LogP contribution in [0.25, 0.3) is 0 Å². The van der Waals surface area contributed by atoms with Gasteiger partial charge in [-0.2, -0.15) is 0 Å². The molecule has 2 aromatic carbocycles. The van der Waals surface area contributed by atoms with E-state index in [-0.39, 0.29) is 37.0 Å². The summed E-state index contributed by atoms with van der Waals surface area (Å²) < 4.78 is 0. The van der Waals surface area contributed by atoms with E-state index < -0.39 is 0 Å². The van der Waals surface area contributed by atoms with Crippen molar-refractivity contribution in [2.45, 2.75) is 26.2 Å². The van der Waals surface area contributed by atoms with E-state index in [1.807, 2.05) is 13.0 Å². The quantitative estimate of drug-likeness (QED) is 0.590. The Bertz CT molecular complexity index is 841. The zero-order valence-corrected chi connectivity index (χ0v) is 17.1. The second-order valence-electron chi connectivity index (χ2n) is 6.28. The van der Waals surface area contributed by atoms with Crippen LogP contribution >= 0.6 is 23.2 Å². The molecule has 0 aliphatic carbocycles. The van der Waals surface area contributed by atoms with Gasteiger partial charge in [0.05, 0.1) is 17.3 Å². The zero-order valence-electron chi connectivity index (χ0n) is 15.6. The predicted octanol–water partition coefficient (Wildman–Crippen LogP) is 4.83. The summed E-state index contributed by atoms with van der Waals surface area (Å²) in [5.41, 5.74) is 0.966. The zero-order chi connectivity index (χ0) is 20.5. The number of ketones is 1. The number of hydrogen-bond acceptors (Lipinski definition) is 3. The highest BCUT2D eigenvalue weighted by Crippen LogP contribution is 2.25. The molecule has 0 aromatic heterocycles. The molecule has 0 bridgehead atoms. The van der Waals surface area contributed by atoms with Gasteiger partial charge in [-0.25, -0.2) is 0 Å². The van der Waals surface area contributed by atoms with Crippen molar-refractivity contribution in [2.75, 3.05) is 18.4 Å². The van der Waals surface area contributed by atoms with Crippen molar-refractivity contribution in [1.29, 1.82) is 0 Å². The molecule has 0 aliphatic heterocycles. The third-order valence-corrected chi connectivity index (χ3v) is 4.61. The number of nitrogens with zero attached hydrogens (tertiary/aromatic N) is 1. The summed E-state index contributed by atoms with van der Waals surface area (Å²) in [7, 11) is 0. The molecule has 28 heavy (non-hydrogen) atoms. The molecular formula is C21H22Cl2N2O3. The highest BCUT2D eigenvalue weighted by Gasteiger charge is 2.18. The molecule has 1 N–H and O–H groups in total. The molecule has 2 amide bonds. The molecule has 148 valence electrons. The maximum Gasteiger partial charge on any atom is 0.244 e. The molecule has 2 aromatic rings. The Balaban J connectivity index is 1.93. The molecule has 0 saturated carbocycles. The average molecular weight is 421 g/mol. The van der Waals surface area contributed by atoms with E-state index in [9.17, 15) is 14.4 Å². The molecule has 0 spiro atoms. The summed E-state index contributed by atoms with van der Waals surface area (Å²) in [5.74, 6) is -0.709. The monoisotopic (exact) mass is 420 g/mol. The van der Waals surface area contributed by atoms with Crippen LogP contribution in [0.4, 0.5) is 5.69 Å². The number of Topliss-reactive ketones (excluding diaryl/α,β-unsaturated/α-hetero) is 1. The standard InChI is InChI=1S/C21H22Cl2N2O3/c1-2-12-25(14-20(27)24-18-13-16(22)8-9-17(18)23)21(28)11-10-19(26)15-6-4-3-5-7-15/h3-9,13H,2,10-12,14H2,1H3,(H,24,27). The molecule has 5 nitrogen and oxygen atoms in total. The first-order chi connectivity index (χ1) is 13.4. The van der Waals surface area contributed by atoms with E-state index in [1.54, 1.807) is 42.5 Å². The number of benzene rings is 2. The van der Waals surface area contributed by atoms with Crippen molar-refractivity contribution in [3.8, 4) is 0 Å². The molecule has 0 radical (unpaired) electrons. The lowest BCUT2D eigenvalue weighted by atomic mass is 10.1. The summed E-state index contributed by atoms with van der Waals surface area (Å²) >= 11 is 12.0. The van der Waals surface area contributed by atoms with E-state index in [1.165, 1.54) is 4.90 Å². The number of anilines is 1. The minimum atomic E-state index is -0.375. The Morgan fingerprint density at radius 2 is 1.71 bits per heavy atom. The fourth-order valence-electron chi connectivity index (χ4n) is 2.67. The Kier molecular flexibility index (Phi) is 8.48. The number of amides is 2. The molecule has 0 saturated heterocycles. The van der Waals surface area contributed by atoms with Crippen LogP contribution < -0.4 is 5.32 Å². The van der Waals surface area contributed by atoms with Crippen molar-refractivity contribution in [3.63, 3.8) is 0 Å². The van der Waals surface area contributed by atoms with Crippen LogP contribution in [0, 0.1) is 0 Å². The van der Waals surface area contributed by atoms with Crippen LogP contribution in [0.15, 0.2) is 48.5 Å². The number of carbonyl (C=O) groups excluding carboxylic acids is 3. The van der Waals surface area contributed by atoms with Gasteiger partial charge in [-0.15, -0.1) is 0 Å². The van der Waals surface area contributed by atoms with Gasteiger partial charge in [-0.3, -0.25) is 14.4 Å². The lowest BCUT2D eigenvalue weighted by Gasteiger charge is -2.21. The molecular weight excluding hydrogens is 399 g/mol. The van der Waals surface area contributed by atoms with E-state index >= 15 is 0 Å². The van der Waals surface area contributed by atoms with Crippen LogP contribution in [0.1, 0.15) is 36.5 Å². The fourth-order valence-corrected chi connectivity index (χ4v) is 3.00. The molecule has 0 heterocycles. The molecule has 0 fully saturated rings. The number of carbonyl (C=O) groups is 3. The first-order valence-electron chi connectivity index (χ1n) is 9.01. The van der Waals surface area contributed by atoms with Gasteiger partial charge < -0.3 is 10.2 Å². The van der Waals surface area contributed by atoms with Gasteiger partial charge >= 0.3 is 0 Å². The smallest absolute Gasteiger partial charge is 0.244 e. The number of halogens is 2. The largest absolute Gasteiger partial charge is 0.333 e. The predicted molar refractivity (Wildman–Crippen MR) is 112 cm³/mol. The summed E-state index contributed by atoms with van der Waals surface area (Å²) in [6, 6.07) is 13.6.